The van der Waals surface area contributed by atoms with Crippen molar-refractivity contribution < 1.29 is 9.53 Å². The molecule has 2 aliphatic rings. The van der Waals surface area contributed by atoms with Gasteiger partial charge in [-0.3, -0.25) is 19.8 Å². The van der Waals surface area contributed by atoms with Crippen molar-refractivity contribution in [3.63, 3.8) is 0 Å². The van der Waals surface area contributed by atoms with Crippen molar-refractivity contribution in [2.45, 2.75) is 32.6 Å². The first-order chi connectivity index (χ1) is 11.9. The molecule has 1 aromatic carbocycles. The summed E-state index contributed by atoms with van der Waals surface area (Å²) < 4.78 is 5.22. The van der Waals surface area contributed by atoms with Gasteiger partial charge in [0, 0.05) is 23.6 Å². The van der Waals surface area contributed by atoms with E-state index in [0.717, 1.165) is 23.4 Å². The van der Waals surface area contributed by atoms with E-state index in [2.05, 4.69) is 29.4 Å². The van der Waals surface area contributed by atoms with Gasteiger partial charge in [0.1, 0.15) is 11.6 Å². The lowest BCUT2D eigenvalue weighted by Gasteiger charge is -2.37. The number of methoxy groups -OCH3 is 1. The normalized spacial score (nSPS) is 21.4. The summed E-state index contributed by atoms with van der Waals surface area (Å²) in [5.74, 6) is 1.13. The van der Waals surface area contributed by atoms with Crippen molar-refractivity contribution in [2.75, 3.05) is 12.4 Å². The fourth-order valence-corrected chi connectivity index (χ4v) is 3.95. The molecule has 0 fully saturated rings. The maximum atomic E-state index is 12.9. The number of carbonyl (C=O) groups excluding carboxylic acids is 1. The van der Waals surface area contributed by atoms with Gasteiger partial charge in [0.05, 0.1) is 12.7 Å². The minimum absolute atomic E-state index is 0.0958. The number of aromatic nitrogens is 2. The number of hydrogen-bond donors (Lipinski definition) is 3. The van der Waals surface area contributed by atoms with E-state index >= 15 is 0 Å². The second-order valence-corrected chi connectivity index (χ2v) is 7.53. The molecule has 2 aromatic rings. The van der Waals surface area contributed by atoms with Gasteiger partial charge in [-0.05, 0) is 29.5 Å². The molecule has 0 radical (unpaired) electrons. The topological polar surface area (TPSA) is 87.0 Å². The number of ketones is 1. The number of rotatable bonds is 2. The smallest absolute Gasteiger partial charge is 0.270 e. The van der Waals surface area contributed by atoms with Crippen molar-refractivity contribution in [3.05, 3.63) is 57.0 Å². The predicted octanol–water partition coefficient (Wildman–Crippen LogP) is 2.91. The number of benzene rings is 1. The Bertz CT molecular complexity index is 932. The summed E-state index contributed by atoms with van der Waals surface area (Å²) >= 11 is 0. The first-order valence-electron chi connectivity index (χ1n) is 8.37. The first kappa shape index (κ1) is 15.7. The third-order valence-corrected chi connectivity index (χ3v) is 5.04. The van der Waals surface area contributed by atoms with Gasteiger partial charge in [-0.25, -0.2) is 0 Å². The molecule has 0 saturated carbocycles. The summed E-state index contributed by atoms with van der Waals surface area (Å²) in [4.78, 5) is 25.3. The highest BCUT2D eigenvalue weighted by atomic mass is 16.5. The molecule has 4 rings (SSSR count). The first-order valence-corrected chi connectivity index (χ1v) is 8.37. The molecule has 1 aliphatic heterocycles. The molecule has 1 aliphatic carbocycles. The zero-order chi connectivity index (χ0) is 17.8. The van der Waals surface area contributed by atoms with E-state index in [1.165, 1.54) is 0 Å². The fraction of sp³-hybridized carbons (Fsp3) is 0.368. The number of anilines is 1. The summed E-state index contributed by atoms with van der Waals surface area (Å²) in [6, 6.07) is 7.55. The molecule has 2 heterocycles. The third-order valence-electron chi connectivity index (χ3n) is 5.04. The Balaban J connectivity index is 1.91. The molecular formula is C19H21N3O3. The highest BCUT2D eigenvalue weighted by Gasteiger charge is 2.42. The van der Waals surface area contributed by atoms with Crippen LogP contribution >= 0.6 is 0 Å². The quantitative estimate of drug-likeness (QED) is 0.785. The van der Waals surface area contributed by atoms with Crippen LogP contribution < -0.4 is 15.6 Å². The summed E-state index contributed by atoms with van der Waals surface area (Å²) in [6.07, 6.45) is 1.26. The Labute approximate surface area is 145 Å². The molecule has 3 N–H and O–H groups in total. The molecule has 6 nitrogen and oxygen atoms in total. The maximum Gasteiger partial charge on any atom is 0.270 e. The number of ether oxygens (including phenoxy) is 1. The van der Waals surface area contributed by atoms with E-state index in [4.69, 9.17) is 4.74 Å². The standard InChI is InChI=1S/C19H21N3O3/c1-19(2)8-12-15(13(23)9-19)14(10-4-6-11(25-3)7-5-10)16-17(20-12)21-22-18(16)24/h4-7,14H,8-9H2,1-3H3,(H3,20,21,22,24)/t14-/m1/s1. The molecule has 0 spiro atoms. The van der Waals surface area contributed by atoms with Gasteiger partial charge in [0.15, 0.2) is 5.78 Å². The van der Waals surface area contributed by atoms with Crippen molar-refractivity contribution in [1.29, 1.82) is 0 Å². The second-order valence-electron chi connectivity index (χ2n) is 7.53. The summed E-state index contributed by atoms with van der Waals surface area (Å²) in [7, 11) is 1.61. The van der Waals surface area contributed by atoms with Gasteiger partial charge in [0.2, 0.25) is 0 Å². The van der Waals surface area contributed by atoms with Crippen molar-refractivity contribution in [3.8, 4) is 5.75 Å². The highest BCUT2D eigenvalue weighted by molar-refractivity contribution is 6.01. The lowest BCUT2D eigenvalue weighted by Crippen LogP contribution is -2.34. The number of hydrogen-bond acceptors (Lipinski definition) is 4. The number of Topliss-reactive ketones (excluding diaryl/α,β-unsaturated/α-hetero) is 1. The van der Waals surface area contributed by atoms with Gasteiger partial charge >= 0.3 is 0 Å². The van der Waals surface area contributed by atoms with E-state index in [1.54, 1.807) is 7.11 Å². The zero-order valence-electron chi connectivity index (χ0n) is 14.5. The van der Waals surface area contributed by atoms with Crippen LogP contribution in [0.3, 0.4) is 0 Å². The average Bonchev–Trinajstić information content (AvgIpc) is 2.93. The monoisotopic (exact) mass is 339 g/mol. The third kappa shape index (κ3) is 2.49. The van der Waals surface area contributed by atoms with Crippen molar-refractivity contribution in [1.82, 2.24) is 10.2 Å². The average molecular weight is 339 g/mol. The van der Waals surface area contributed by atoms with E-state index in [9.17, 15) is 9.59 Å². The Hall–Kier alpha value is -2.76. The van der Waals surface area contributed by atoms with Crippen molar-refractivity contribution >= 4 is 11.6 Å². The van der Waals surface area contributed by atoms with Gasteiger partial charge in [0.25, 0.3) is 5.56 Å². The minimum Gasteiger partial charge on any atom is -0.497 e. The van der Waals surface area contributed by atoms with Crippen LogP contribution in [0.4, 0.5) is 5.82 Å². The molecule has 6 heteroatoms. The Morgan fingerprint density at radius 1 is 1.08 bits per heavy atom. The molecule has 130 valence electrons. The van der Waals surface area contributed by atoms with Gasteiger partial charge in [-0.15, -0.1) is 0 Å². The number of aromatic amines is 2. The largest absolute Gasteiger partial charge is 0.497 e. The Morgan fingerprint density at radius 2 is 1.80 bits per heavy atom. The SMILES string of the molecule is COc1ccc([C@@H]2C3=C(CC(C)(C)CC3=O)Nc3[nH][nH]c(=O)c32)cc1. The van der Waals surface area contributed by atoms with Crippen molar-refractivity contribution in [2.24, 2.45) is 5.41 Å². The molecule has 1 aromatic heterocycles. The van der Waals surface area contributed by atoms with Crippen LogP contribution in [-0.2, 0) is 4.79 Å². The van der Waals surface area contributed by atoms with Crippen LogP contribution in [0.15, 0.2) is 40.3 Å². The maximum absolute atomic E-state index is 12.9. The molecular weight excluding hydrogens is 318 g/mol. The number of fused-ring (bicyclic) bond motifs is 1. The van der Waals surface area contributed by atoms with Gasteiger partial charge in [-0.1, -0.05) is 26.0 Å². The molecule has 25 heavy (non-hydrogen) atoms. The number of carbonyl (C=O) groups is 1. The van der Waals surface area contributed by atoms with E-state index in [1.807, 2.05) is 24.3 Å². The molecule has 1 atom stereocenters. The molecule has 0 saturated heterocycles. The van der Waals surface area contributed by atoms with Crippen LogP contribution in [0, 0.1) is 5.41 Å². The highest BCUT2D eigenvalue weighted by Crippen LogP contribution is 2.47. The van der Waals surface area contributed by atoms with Gasteiger partial charge in [-0.2, -0.15) is 0 Å². The molecule has 0 bridgehead atoms. The Morgan fingerprint density at radius 3 is 2.48 bits per heavy atom. The van der Waals surface area contributed by atoms with Crippen LogP contribution in [-0.4, -0.2) is 23.1 Å². The predicted molar refractivity (Wildman–Crippen MR) is 94.9 cm³/mol. The van der Waals surface area contributed by atoms with Crippen LogP contribution in [0.5, 0.6) is 5.75 Å². The summed E-state index contributed by atoms with van der Waals surface area (Å²) in [5, 5.41) is 8.82. The lowest BCUT2D eigenvalue weighted by molar-refractivity contribution is -0.118. The Kier molecular flexibility index (Phi) is 3.39. The lowest BCUT2D eigenvalue weighted by atomic mass is 9.69. The number of allylic oxidation sites excluding steroid dienone is 2. The van der Waals surface area contributed by atoms with Crippen LogP contribution in [0.2, 0.25) is 0 Å². The second kappa shape index (κ2) is 5.37. The van der Waals surface area contributed by atoms with Crippen LogP contribution in [0.25, 0.3) is 0 Å². The molecule has 0 unspecified atom stereocenters. The van der Waals surface area contributed by atoms with E-state index in [0.29, 0.717) is 23.4 Å². The minimum atomic E-state index is -0.365. The number of H-pyrrole nitrogens is 2. The number of nitrogens with one attached hydrogen (secondary N) is 3. The van der Waals surface area contributed by atoms with E-state index in [-0.39, 0.29) is 22.7 Å². The molecule has 0 amide bonds. The fourth-order valence-electron chi connectivity index (χ4n) is 3.95. The van der Waals surface area contributed by atoms with Gasteiger partial charge < -0.3 is 10.1 Å². The summed E-state index contributed by atoms with van der Waals surface area (Å²) in [6.45, 7) is 4.18. The summed E-state index contributed by atoms with van der Waals surface area (Å²) in [5.41, 5.74) is 2.80. The van der Waals surface area contributed by atoms with E-state index < -0.39 is 0 Å². The van der Waals surface area contributed by atoms with Crippen LogP contribution in [0.1, 0.15) is 43.7 Å². The zero-order valence-corrected chi connectivity index (χ0v) is 14.5.